The first-order valence-electron chi connectivity index (χ1n) is 8.02. The maximum absolute atomic E-state index is 4.65. The minimum Gasteiger partial charge on any atom is -0.296 e. The van der Waals surface area contributed by atoms with E-state index in [1.807, 2.05) is 17.4 Å². The number of hydrogen-bond donors (Lipinski definition) is 1. The van der Waals surface area contributed by atoms with Crippen LogP contribution in [0.2, 0.25) is 0 Å². The molecular weight excluding hydrogens is 306 g/mol. The number of rotatable bonds is 4. The largest absolute Gasteiger partial charge is 0.296 e. The summed E-state index contributed by atoms with van der Waals surface area (Å²) in [4.78, 5) is 5.19. The van der Waals surface area contributed by atoms with Gasteiger partial charge in [0.25, 0.3) is 0 Å². The monoisotopic (exact) mass is 327 g/mol. The molecule has 23 heavy (non-hydrogen) atoms. The van der Waals surface area contributed by atoms with Crippen LogP contribution in [0.4, 0.5) is 0 Å². The number of likely N-dealkylation sites (tertiary alicyclic amines) is 1. The Hall–Kier alpha value is -1.92. The summed E-state index contributed by atoms with van der Waals surface area (Å²) in [5.74, 6) is 0. The summed E-state index contributed by atoms with van der Waals surface area (Å²) in [7, 11) is 0. The van der Waals surface area contributed by atoms with Gasteiger partial charge in [0, 0.05) is 36.4 Å². The highest BCUT2D eigenvalue weighted by Gasteiger charge is 2.25. The molecule has 0 aromatic carbocycles. The van der Waals surface area contributed by atoms with Gasteiger partial charge in [0.05, 0.1) is 22.3 Å². The van der Waals surface area contributed by atoms with E-state index in [1.165, 1.54) is 21.9 Å². The Kier molecular flexibility index (Phi) is 3.79. The number of aromatic nitrogens is 4. The minimum absolute atomic E-state index is 0.510. The van der Waals surface area contributed by atoms with Gasteiger partial charge < -0.3 is 0 Å². The van der Waals surface area contributed by atoms with Crippen molar-refractivity contribution in [3.8, 4) is 10.6 Å². The van der Waals surface area contributed by atoms with Gasteiger partial charge >= 0.3 is 0 Å². The van der Waals surface area contributed by atoms with E-state index in [0.717, 1.165) is 31.0 Å². The highest BCUT2D eigenvalue weighted by atomic mass is 32.1. The van der Waals surface area contributed by atoms with Crippen LogP contribution in [0, 0.1) is 13.8 Å². The number of H-pyrrole nitrogens is 1. The second-order valence-corrected chi connectivity index (χ2v) is 7.45. The average molecular weight is 327 g/mol. The fourth-order valence-electron chi connectivity index (χ4n) is 3.39. The summed E-state index contributed by atoms with van der Waals surface area (Å²) in [6.07, 6.45) is 2.98. The Bertz CT molecular complexity index is 786. The molecule has 0 spiro atoms. The van der Waals surface area contributed by atoms with Crippen LogP contribution in [0.25, 0.3) is 10.6 Å². The second-order valence-electron chi connectivity index (χ2n) is 6.29. The van der Waals surface area contributed by atoms with E-state index in [9.17, 15) is 0 Å². The first-order chi connectivity index (χ1) is 11.2. The van der Waals surface area contributed by atoms with Crippen molar-refractivity contribution in [2.45, 2.75) is 32.9 Å². The molecule has 0 unspecified atom stereocenters. The maximum atomic E-state index is 4.65. The van der Waals surface area contributed by atoms with Gasteiger partial charge in [0.2, 0.25) is 0 Å². The summed E-state index contributed by atoms with van der Waals surface area (Å²) in [6.45, 7) is 7.46. The molecule has 0 aliphatic carbocycles. The van der Waals surface area contributed by atoms with Crippen LogP contribution in [0.5, 0.6) is 0 Å². The van der Waals surface area contributed by atoms with Gasteiger partial charge in [-0.1, -0.05) is 0 Å². The third-order valence-electron chi connectivity index (χ3n) is 4.45. The average Bonchev–Trinajstić information content (AvgIpc) is 3.27. The Labute approximate surface area is 139 Å². The molecule has 5 nitrogen and oxygen atoms in total. The molecule has 4 heterocycles. The predicted molar refractivity (Wildman–Crippen MR) is 92.5 cm³/mol. The highest BCUT2D eigenvalue weighted by molar-refractivity contribution is 7.15. The molecule has 0 bridgehead atoms. The van der Waals surface area contributed by atoms with Crippen molar-refractivity contribution >= 4 is 11.3 Å². The van der Waals surface area contributed by atoms with Crippen LogP contribution in [-0.4, -0.2) is 38.0 Å². The van der Waals surface area contributed by atoms with Crippen LogP contribution in [0.1, 0.15) is 28.7 Å². The molecule has 1 saturated heterocycles. The SMILES string of the molecule is Cc1cc(C)n([C@@H]2CCN(Cc3ccc(-c4ccn[nH]4)s3)C2)n1. The van der Waals surface area contributed by atoms with E-state index in [4.69, 9.17) is 0 Å². The third-order valence-corrected chi connectivity index (χ3v) is 5.55. The van der Waals surface area contributed by atoms with Crippen LogP contribution < -0.4 is 0 Å². The molecule has 120 valence electrons. The zero-order valence-corrected chi connectivity index (χ0v) is 14.3. The molecule has 3 aromatic rings. The molecule has 0 amide bonds. The molecule has 4 rings (SSSR count). The predicted octanol–water partition coefficient (Wildman–Crippen LogP) is 3.40. The van der Waals surface area contributed by atoms with Crippen molar-refractivity contribution in [3.05, 3.63) is 46.7 Å². The van der Waals surface area contributed by atoms with Gasteiger partial charge in [-0.2, -0.15) is 10.2 Å². The van der Waals surface area contributed by atoms with Crippen molar-refractivity contribution in [1.29, 1.82) is 0 Å². The van der Waals surface area contributed by atoms with Crippen LogP contribution >= 0.6 is 11.3 Å². The van der Waals surface area contributed by atoms with Crippen molar-refractivity contribution < 1.29 is 0 Å². The first kappa shape index (κ1) is 14.7. The maximum Gasteiger partial charge on any atom is 0.0749 e. The molecule has 1 fully saturated rings. The second kappa shape index (κ2) is 5.94. The van der Waals surface area contributed by atoms with E-state index in [0.29, 0.717) is 6.04 Å². The van der Waals surface area contributed by atoms with Gasteiger partial charge in [-0.25, -0.2) is 0 Å². The van der Waals surface area contributed by atoms with Crippen molar-refractivity contribution in [2.75, 3.05) is 13.1 Å². The quantitative estimate of drug-likeness (QED) is 0.799. The molecule has 1 aliphatic heterocycles. The standard InChI is InChI=1S/C17H21N5S/c1-12-9-13(2)22(20-12)14-6-8-21(10-14)11-15-3-4-17(23-15)16-5-7-18-19-16/h3-5,7,9,14H,6,8,10-11H2,1-2H3,(H,18,19)/t14-/m1/s1. The van der Waals surface area contributed by atoms with Crippen molar-refractivity contribution in [3.63, 3.8) is 0 Å². The van der Waals surface area contributed by atoms with Gasteiger partial charge in [-0.3, -0.25) is 14.7 Å². The van der Waals surface area contributed by atoms with E-state index in [2.05, 4.69) is 56.9 Å². The Morgan fingerprint density at radius 3 is 2.96 bits per heavy atom. The lowest BCUT2D eigenvalue weighted by atomic mass is 10.2. The number of nitrogens with zero attached hydrogens (tertiary/aromatic N) is 4. The van der Waals surface area contributed by atoms with E-state index in [1.54, 1.807) is 6.20 Å². The molecule has 1 atom stereocenters. The Morgan fingerprint density at radius 2 is 2.22 bits per heavy atom. The molecule has 0 radical (unpaired) electrons. The zero-order valence-electron chi connectivity index (χ0n) is 13.5. The summed E-state index contributed by atoms with van der Waals surface area (Å²) in [5, 5.41) is 11.7. The van der Waals surface area contributed by atoms with E-state index < -0.39 is 0 Å². The lowest BCUT2D eigenvalue weighted by Crippen LogP contribution is -2.21. The highest BCUT2D eigenvalue weighted by Crippen LogP contribution is 2.29. The van der Waals surface area contributed by atoms with Gasteiger partial charge in [-0.15, -0.1) is 11.3 Å². The number of aromatic amines is 1. The van der Waals surface area contributed by atoms with Crippen LogP contribution in [0.15, 0.2) is 30.5 Å². The fraction of sp³-hybridized carbons (Fsp3) is 0.412. The molecule has 6 heteroatoms. The normalized spacial score (nSPS) is 18.8. The summed E-state index contributed by atoms with van der Waals surface area (Å²) < 4.78 is 2.21. The summed E-state index contributed by atoms with van der Waals surface area (Å²) >= 11 is 1.85. The number of hydrogen-bond acceptors (Lipinski definition) is 4. The smallest absolute Gasteiger partial charge is 0.0749 e. The van der Waals surface area contributed by atoms with E-state index >= 15 is 0 Å². The number of aryl methyl sites for hydroxylation is 2. The number of nitrogens with one attached hydrogen (secondary N) is 1. The van der Waals surface area contributed by atoms with Crippen molar-refractivity contribution in [2.24, 2.45) is 0 Å². The Balaban J connectivity index is 1.42. The number of thiophene rings is 1. The molecular formula is C17H21N5S. The summed E-state index contributed by atoms with van der Waals surface area (Å²) in [5.41, 5.74) is 3.48. The minimum atomic E-state index is 0.510. The molecule has 3 aromatic heterocycles. The Morgan fingerprint density at radius 1 is 1.30 bits per heavy atom. The fourth-order valence-corrected chi connectivity index (χ4v) is 4.42. The van der Waals surface area contributed by atoms with Gasteiger partial charge in [0.15, 0.2) is 0 Å². The first-order valence-corrected chi connectivity index (χ1v) is 8.84. The molecule has 1 N–H and O–H groups in total. The molecule has 0 saturated carbocycles. The lowest BCUT2D eigenvalue weighted by molar-refractivity contribution is 0.313. The van der Waals surface area contributed by atoms with Gasteiger partial charge in [-0.05, 0) is 44.5 Å². The van der Waals surface area contributed by atoms with Crippen LogP contribution in [0.3, 0.4) is 0 Å². The van der Waals surface area contributed by atoms with Crippen LogP contribution in [-0.2, 0) is 6.54 Å². The zero-order chi connectivity index (χ0) is 15.8. The van der Waals surface area contributed by atoms with Gasteiger partial charge in [0.1, 0.15) is 0 Å². The summed E-state index contributed by atoms with van der Waals surface area (Å²) in [6, 6.07) is 9.11. The van der Waals surface area contributed by atoms with E-state index in [-0.39, 0.29) is 0 Å². The molecule has 1 aliphatic rings. The topological polar surface area (TPSA) is 49.7 Å². The third kappa shape index (κ3) is 2.96. The van der Waals surface area contributed by atoms with Crippen molar-refractivity contribution in [1.82, 2.24) is 24.9 Å². The lowest BCUT2D eigenvalue weighted by Gasteiger charge is -2.16.